The van der Waals surface area contributed by atoms with Crippen molar-refractivity contribution in [2.75, 3.05) is 7.11 Å². The molecule has 1 amide bonds. The number of aliphatic hydroxyl groups is 1. The zero-order valence-corrected chi connectivity index (χ0v) is 18.0. The molecule has 9 atom stereocenters. The van der Waals surface area contributed by atoms with Crippen molar-refractivity contribution in [3.63, 3.8) is 0 Å². The van der Waals surface area contributed by atoms with Gasteiger partial charge in [0.2, 0.25) is 5.91 Å². The number of ketones is 1. The first-order valence-corrected chi connectivity index (χ1v) is 11.2. The van der Waals surface area contributed by atoms with Crippen LogP contribution in [0.4, 0.5) is 0 Å². The molecular formula is C23H35NO5. The number of rotatable bonds is 3. The van der Waals surface area contributed by atoms with Crippen LogP contribution in [-0.4, -0.2) is 54.4 Å². The van der Waals surface area contributed by atoms with Gasteiger partial charge in [0.1, 0.15) is 5.41 Å². The van der Waals surface area contributed by atoms with E-state index < -0.39 is 11.5 Å². The molecule has 29 heavy (non-hydrogen) atoms. The molecule has 2 aliphatic carbocycles. The first-order chi connectivity index (χ1) is 13.8. The van der Waals surface area contributed by atoms with Gasteiger partial charge in [0, 0.05) is 31.4 Å². The fourth-order valence-electron chi connectivity index (χ4n) is 6.36. The van der Waals surface area contributed by atoms with Crippen molar-refractivity contribution in [2.45, 2.75) is 83.3 Å². The number of methoxy groups -OCH3 is 1. The molecule has 4 aliphatic rings. The highest BCUT2D eigenvalue weighted by Crippen LogP contribution is 2.61. The molecule has 2 saturated heterocycles. The van der Waals surface area contributed by atoms with Gasteiger partial charge in [-0.3, -0.25) is 9.59 Å². The highest BCUT2D eigenvalue weighted by atomic mass is 16.6. The highest BCUT2D eigenvalue weighted by Gasteiger charge is 2.74. The number of carbonyl (C=O) groups excluding carboxylic acids is 2. The Kier molecular flexibility index (Phi) is 5.64. The van der Waals surface area contributed by atoms with Crippen LogP contribution in [0.3, 0.4) is 0 Å². The average molecular weight is 406 g/mol. The lowest BCUT2D eigenvalue weighted by Crippen LogP contribution is -2.56. The highest BCUT2D eigenvalue weighted by molar-refractivity contribution is 6.09. The second kappa shape index (κ2) is 7.78. The quantitative estimate of drug-likeness (QED) is 0.427. The normalized spacial score (nSPS) is 47.1. The molecule has 4 rings (SSSR count). The molecule has 0 aromatic rings. The smallest absolute Gasteiger partial charge is 0.235 e. The van der Waals surface area contributed by atoms with Crippen LogP contribution < -0.4 is 5.32 Å². The lowest BCUT2D eigenvalue weighted by atomic mass is 9.53. The summed E-state index contributed by atoms with van der Waals surface area (Å²) in [4.78, 5) is 27.5. The summed E-state index contributed by atoms with van der Waals surface area (Å²) in [5.41, 5.74) is -1.13. The van der Waals surface area contributed by atoms with E-state index in [-0.39, 0.29) is 60.2 Å². The average Bonchev–Trinajstić information content (AvgIpc) is 3.39. The summed E-state index contributed by atoms with van der Waals surface area (Å²) in [7, 11) is 1.62. The number of hydrogen-bond donors (Lipinski definition) is 2. The zero-order chi connectivity index (χ0) is 20.9. The number of epoxide rings is 1. The van der Waals surface area contributed by atoms with Gasteiger partial charge in [-0.1, -0.05) is 32.9 Å². The molecule has 1 saturated carbocycles. The molecule has 2 N–H and O–H groups in total. The summed E-state index contributed by atoms with van der Waals surface area (Å²) < 4.78 is 11.6. The summed E-state index contributed by atoms with van der Waals surface area (Å²) in [6.07, 6.45) is 6.03. The van der Waals surface area contributed by atoms with Crippen LogP contribution in [0.1, 0.15) is 52.9 Å². The summed E-state index contributed by atoms with van der Waals surface area (Å²) >= 11 is 0. The Hall–Kier alpha value is -1.24. The van der Waals surface area contributed by atoms with Gasteiger partial charge in [-0.25, -0.2) is 0 Å². The van der Waals surface area contributed by atoms with Gasteiger partial charge in [0.15, 0.2) is 5.78 Å². The minimum absolute atomic E-state index is 0.0232. The van der Waals surface area contributed by atoms with Crippen LogP contribution in [0.5, 0.6) is 0 Å². The van der Waals surface area contributed by atoms with Gasteiger partial charge < -0.3 is 19.9 Å². The van der Waals surface area contributed by atoms with Crippen molar-refractivity contribution in [3.8, 4) is 0 Å². The van der Waals surface area contributed by atoms with Gasteiger partial charge >= 0.3 is 0 Å². The molecule has 6 nitrogen and oxygen atoms in total. The lowest BCUT2D eigenvalue weighted by molar-refractivity contribution is -0.149. The number of fused-ring (bicyclic) bond motifs is 2. The minimum atomic E-state index is -1.13. The van der Waals surface area contributed by atoms with Crippen LogP contribution in [-0.2, 0) is 19.1 Å². The van der Waals surface area contributed by atoms with Crippen LogP contribution in [0.15, 0.2) is 12.2 Å². The van der Waals surface area contributed by atoms with Gasteiger partial charge in [-0.2, -0.15) is 0 Å². The van der Waals surface area contributed by atoms with E-state index in [1.165, 1.54) is 0 Å². The molecule has 2 aliphatic heterocycles. The fraction of sp³-hybridized carbons (Fsp3) is 0.826. The Morgan fingerprint density at radius 3 is 2.72 bits per heavy atom. The lowest BCUT2D eigenvalue weighted by Gasteiger charge is -2.44. The predicted octanol–water partition coefficient (Wildman–Crippen LogP) is 2.24. The van der Waals surface area contributed by atoms with E-state index in [1.54, 1.807) is 13.2 Å². The third-order valence-corrected chi connectivity index (χ3v) is 7.68. The molecule has 1 spiro atoms. The molecule has 0 bridgehead atoms. The van der Waals surface area contributed by atoms with Crippen molar-refractivity contribution < 1.29 is 24.2 Å². The molecule has 6 heteroatoms. The van der Waals surface area contributed by atoms with E-state index in [4.69, 9.17) is 9.47 Å². The maximum absolute atomic E-state index is 13.9. The molecule has 0 unspecified atom stereocenters. The number of nitrogens with one attached hydrogen (secondary N) is 1. The predicted molar refractivity (Wildman–Crippen MR) is 108 cm³/mol. The first kappa shape index (κ1) is 21.0. The van der Waals surface area contributed by atoms with Gasteiger partial charge in [-0.05, 0) is 37.5 Å². The van der Waals surface area contributed by atoms with Crippen molar-refractivity contribution in [1.82, 2.24) is 5.32 Å². The summed E-state index contributed by atoms with van der Waals surface area (Å²) in [6, 6.07) is -0.0291. The van der Waals surface area contributed by atoms with Crippen molar-refractivity contribution in [1.29, 1.82) is 0 Å². The van der Waals surface area contributed by atoms with Crippen molar-refractivity contribution >= 4 is 11.7 Å². The Labute approximate surface area is 173 Å². The van der Waals surface area contributed by atoms with Crippen LogP contribution in [0.25, 0.3) is 0 Å². The second-order valence-corrected chi connectivity index (χ2v) is 9.92. The standard InChI is InChI=1S/C23H35NO5/c1-12(2)10-17-19-13(3)20-21(29-20)16-9-8-14(25)6-5-7-15(28-4)11-18(26)23(16,19)22(27)24-17/h8-9,12-17,19-21,25H,5-7,10-11H2,1-4H3,(H,24,27)/t13-,14+,15-,16-,17-,19-,20+,21-,23+/m0/s1. The second-order valence-electron chi connectivity index (χ2n) is 9.92. The third kappa shape index (κ3) is 3.37. The Morgan fingerprint density at radius 2 is 2.03 bits per heavy atom. The number of amides is 1. The fourth-order valence-corrected chi connectivity index (χ4v) is 6.36. The molecule has 162 valence electrons. The van der Waals surface area contributed by atoms with E-state index >= 15 is 0 Å². The van der Waals surface area contributed by atoms with Gasteiger partial charge in [-0.15, -0.1) is 0 Å². The number of carbonyl (C=O) groups is 2. The zero-order valence-electron chi connectivity index (χ0n) is 18.0. The molecule has 3 fully saturated rings. The molecular weight excluding hydrogens is 370 g/mol. The number of ether oxygens (including phenoxy) is 2. The van der Waals surface area contributed by atoms with Crippen molar-refractivity contribution in [3.05, 3.63) is 12.2 Å². The number of aliphatic hydroxyl groups excluding tert-OH is 1. The summed E-state index contributed by atoms with van der Waals surface area (Å²) in [5, 5.41) is 13.6. The monoisotopic (exact) mass is 405 g/mol. The van der Waals surface area contributed by atoms with E-state index in [0.29, 0.717) is 18.8 Å². The minimum Gasteiger partial charge on any atom is -0.389 e. The van der Waals surface area contributed by atoms with Crippen LogP contribution in [0.2, 0.25) is 0 Å². The largest absolute Gasteiger partial charge is 0.389 e. The first-order valence-electron chi connectivity index (χ1n) is 11.2. The summed E-state index contributed by atoms with van der Waals surface area (Å²) in [6.45, 7) is 6.43. The number of Topliss-reactive ketones (excluding diaryl/α,β-unsaturated/α-hetero) is 1. The topological polar surface area (TPSA) is 88.2 Å². The Bertz CT molecular complexity index is 691. The van der Waals surface area contributed by atoms with Gasteiger partial charge in [0.25, 0.3) is 0 Å². The van der Waals surface area contributed by atoms with Crippen molar-refractivity contribution in [2.24, 2.45) is 29.1 Å². The van der Waals surface area contributed by atoms with Gasteiger partial charge in [0.05, 0.1) is 24.4 Å². The Balaban J connectivity index is 1.81. The van der Waals surface area contributed by atoms with E-state index in [0.717, 1.165) is 12.8 Å². The van der Waals surface area contributed by atoms with E-state index in [1.807, 2.05) is 6.08 Å². The molecule has 0 aromatic heterocycles. The summed E-state index contributed by atoms with van der Waals surface area (Å²) in [5.74, 6) is -0.0577. The Morgan fingerprint density at radius 1 is 1.28 bits per heavy atom. The maximum Gasteiger partial charge on any atom is 0.235 e. The molecule has 0 aromatic carbocycles. The van der Waals surface area contributed by atoms with Crippen LogP contribution in [0, 0.1) is 29.1 Å². The van der Waals surface area contributed by atoms with E-state index in [9.17, 15) is 14.7 Å². The SMILES string of the molecule is CO[C@H]1CCC[C@@H](O)C=C[C@H]2[C@@H]3O[C@@H]3[C@@H](C)[C@H]3[C@H](CC(C)C)NC(=O)[C@]32C(=O)C1. The van der Waals surface area contributed by atoms with E-state index in [2.05, 4.69) is 26.1 Å². The van der Waals surface area contributed by atoms with Crippen LogP contribution >= 0.6 is 0 Å². The third-order valence-electron chi connectivity index (χ3n) is 7.68. The molecule has 2 heterocycles. The maximum atomic E-state index is 13.9. The number of hydrogen-bond acceptors (Lipinski definition) is 5. The molecule has 0 radical (unpaired) electrons.